The topological polar surface area (TPSA) is 34.4 Å². The fraction of sp³-hybridized carbons (Fsp3) is 0.500. The van der Waals surface area contributed by atoms with E-state index < -0.39 is 0 Å². The Morgan fingerprint density at radius 1 is 1.30 bits per heavy atom. The molecule has 0 saturated heterocycles. The smallest absolute Gasteiger partial charge is 0.169 e. The van der Waals surface area contributed by atoms with Crippen molar-refractivity contribution in [3.63, 3.8) is 0 Å². The SMILES string of the molecule is CNC(c1cc2cccc(F)c2o1)C(OC)C(C)(C)C. The van der Waals surface area contributed by atoms with Crippen LogP contribution < -0.4 is 5.32 Å². The van der Waals surface area contributed by atoms with Crippen molar-refractivity contribution in [3.05, 3.63) is 35.8 Å². The van der Waals surface area contributed by atoms with Gasteiger partial charge in [-0.15, -0.1) is 0 Å². The summed E-state index contributed by atoms with van der Waals surface area (Å²) in [6.45, 7) is 6.32. The fourth-order valence-corrected chi connectivity index (χ4v) is 2.63. The average molecular weight is 279 g/mol. The van der Waals surface area contributed by atoms with Crippen LogP contribution in [0.3, 0.4) is 0 Å². The summed E-state index contributed by atoms with van der Waals surface area (Å²) in [5.41, 5.74) is 0.228. The Hall–Kier alpha value is -1.39. The van der Waals surface area contributed by atoms with Gasteiger partial charge in [0.1, 0.15) is 5.76 Å². The molecule has 0 spiro atoms. The minimum Gasteiger partial charge on any atom is -0.456 e. The van der Waals surface area contributed by atoms with E-state index in [9.17, 15) is 4.39 Å². The molecular formula is C16H22FNO2. The molecule has 1 heterocycles. The maximum Gasteiger partial charge on any atom is 0.169 e. The Morgan fingerprint density at radius 3 is 2.50 bits per heavy atom. The third-order valence-corrected chi connectivity index (χ3v) is 3.54. The third-order valence-electron chi connectivity index (χ3n) is 3.54. The molecule has 4 heteroatoms. The number of rotatable bonds is 4. The summed E-state index contributed by atoms with van der Waals surface area (Å²) in [5.74, 6) is 0.350. The highest BCUT2D eigenvalue weighted by Gasteiger charge is 2.34. The molecule has 0 fully saturated rings. The van der Waals surface area contributed by atoms with Crippen molar-refractivity contribution in [3.8, 4) is 0 Å². The number of hydrogen-bond acceptors (Lipinski definition) is 3. The minimum atomic E-state index is -0.340. The molecular weight excluding hydrogens is 257 g/mol. The van der Waals surface area contributed by atoms with Gasteiger partial charge < -0.3 is 14.5 Å². The number of methoxy groups -OCH3 is 1. The van der Waals surface area contributed by atoms with Crippen molar-refractivity contribution >= 4 is 11.0 Å². The highest BCUT2D eigenvalue weighted by Crippen LogP contribution is 2.35. The summed E-state index contributed by atoms with van der Waals surface area (Å²) in [4.78, 5) is 0. The van der Waals surface area contributed by atoms with E-state index in [1.165, 1.54) is 6.07 Å². The maximum absolute atomic E-state index is 13.7. The molecule has 110 valence electrons. The highest BCUT2D eigenvalue weighted by molar-refractivity contribution is 5.78. The number of halogens is 1. The number of nitrogens with one attached hydrogen (secondary N) is 1. The summed E-state index contributed by atoms with van der Waals surface area (Å²) < 4.78 is 25.1. The molecule has 0 radical (unpaired) electrons. The molecule has 20 heavy (non-hydrogen) atoms. The molecule has 0 amide bonds. The van der Waals surface area contributed by atoms with Crippen LogP contribution in [0.1, 0.15) is 32.6 Å². The summed E-state index contributed by atoms with van der Waals surface area (Å²) in [6, 6.07) is 6.67. The molecule has 2 unspecified atom stereocenters. The quantitative estimate of drug-likeness (QED) is 0.922. The first-order chi connectivity index (χ1) is 9.38. The Kier molecular flexibility index (Phi) is 4.16. The van der Waals surface area contributed by atoms with Gasteiger partial charge in [0.15, 0.2) is 11.4 Å². The van der Waals surface area contributed by atoms with Gasteiger partial charge in [0.05, 0.1) is 12.1 Å². The zero-order valence-corrected chi connectivity index (χ0v) is 12.7. The van der Waals surface area contributed by atoms with Crippen molar-refractivity contribution in [2.45, 2.75) is 32.9 Å². The lowest BCUT2D eigenvalue weighted by atomic mass is 9.83. The molecule has 3 nitrogen and oxygen atoms in total. The molecule has 1 N–H and O–H groups in total. The minimum absolute atomic E-state index is 0.0695. The van der Waals surface area contributed by atoms with Crippen LogP contribution in [0, 0.1) is 11.2 Å². The van der Waals surface area contributed by atoms with E-state index in [1.54, 1.807) is 13.2 Å². The lowest BCUT2D eigenvalue weighted by Crippen LogP contribution is -2.40. The van der Waals surface area contributed by atoms with Crippen LogP contribution in [0.25, 0.3) is 11.0 Å². The van der Waals surface area contributed by atoms with E-state index in [1.807, 2.05) is 19.2 Å². The number of benzene rings is 1. The van der Waals surface area contributed by atoms with Gasteiger partial charge in [-0.25, -0.2) is 4.39 Å². The predicted octanol–water partition coefficient (Wildman–Crippen LogP) is 3.89. The molecule has 0 saturated carbocycles. The fourth-order valence-electron chi connectivity index (χ4n) is 2.63. The summed E-state index contributed by atoms with van der Waals surface area (Å²) in [5, 5.41) is 3.98. The lowest BCUT2D eigenvalue weighted by Gasteiger charge is -2.34. The zero-order chi connectivity index (χ0) is 14.9. The molecule has 0 aliphatic heterocycles. The number of para-hydroxylation sites is 1. The third kappa shape index (κ3) is 2.72. The second-order valence-electron chi connectivity index (χ2n) is 6.10. The number of furan rings is 1. The molecule has 1 aromatic carbocycles. The van der Waals surface area contributed by atoms with Gasteiger partial charge in [-0.2, -0.15) is 0 Å². The van der Waals surface area contributed by atoms with E-state index in [0.29, 0.717) is 11.3 Å². The summed E-state index contributed by atoms with van der Waals surface area (Å²) in [6.07, 6.45) is -0.0869. The Bertz CT molecular complexity index is 586. The normalized spacial score (nSPS) is 15.5. The van der Waals surface area contributed by atoms with E-state index >= 15 is 0 Å². The van der Waals surface area contributed by atoms with Gasteiger partial charge in [0.2, 0.25) is 0 Å². The van der Waals surface area contributed by atoms with E-state index in [4.69, 9.17) is 9.15 Å². The van der Waals surface area contributed by atoms with Gasteiger partial charge in [-0.05, 0) is 24.6 Å². The maximum atomic E-state index is 13.7. The van der Waals surface area contributed by atoms with Gasteiger partial charge in [-0.3, -0.25) is 0 Å². The van der Waals surface area contributed by atoms with Crippen molar-refractivity contribution in [2.75, 3.05) is 14.2 Å². The van der Waals surface area contributed by atoms with Crippen molar-refractivity contribution in [1.82, 2.24) is 5.32 Å². The van der Waals surface area contributed by atoms with Crippen LogP contribution >= 0.6 is 0 Å². The number of fused-ring (bicyclic) bond motifs is 1. The van der Waals surface area contributed by atoms with Crippen LogP contribution in [-0.2, 0) is 4.74 Å². The van der Waals surface area contributed by atoms with Gasteiger partial charge in [-0.1, -0.05) is 32.9 Å². The number of likely N-dealkylation sites (N-methyl/N-ethyl adjacent to an activating group) is 1. The van der Waals surface area contributed by atoms with Crippen LogP contribution in [0.4, 0.5) is 4.39 Å². The molecule has 0 aliphatic rings. The van der Waals surface area contributed by atoms with Crippen molar-refractivity contribution in [1.29, 1.82) is 0 Å². The van der Waals surface area contributed by atoms with Gasteiger partial charge in [0, 0.05) is 12.5 Å². The van der Waals surface area contributed by atoms with E-state index in [0.717, 1.165) is 5.39 Å². The Balaban J connectivity index is 2.46. The molecule has 0 bridgehead atoms. The Morgan fingerprint density at radius 2 is 2.00 bits per heavy atom. The standard InChI is InChI=1S/C16H22FNO2/c1-16(2,3)15(19-5)13(18-4)12-9-10-7-6-8-11(17)14(10)20-12/h6-9,13,15,18H,1-5H3. The van der Waals surface area contributed by atoms with Gasteiger partial charge in [0.25, 0.3) is 0 Å². The van der Waals surface area contributed by atoms with Crippen LogP contribution in [-0.4, -0.2) is 20.3 Å². The molecule has 2 rings (SSSR count). The first-order valence-corrected chi connectivity index (χ1v) is 6.76. The number of ether oxygens (including phenoxy) is 1. The first-order valence-electron chi connectivity index (χ1n) is 6.76. The van der Waals surface area contributed by atoms with E-state index in [2.05, 4.69) is 26.1 Å². The Labute approximate surface area is 119 Å². The van der Waals surface area contributed by atoms with Crippen LogP contribution in [0.15, 0.2) is 28.7 Å². The highest BCUT2D eigenvalue weighted by atomic mass is 19.1. The molecule has 1 aromatic heterocycles. The molecule has 2 aromatic rings. The largest absolute Gasteiger partial charge is 0.456 e. The second kappa shape index (κ2) is 5.54. The van der Waals surface area contributed by atoms with Crippen LogP contribution in [0.5, 0.6) is 0 Å². The number of hydrogen-bond donors (Lipinski definition) is 1. The zero-order valence-electron chi connectivity index (χ0n) is 12.7. The first kappa shape index (κ1) is 15.0. The summed E-state index contributed by atoms with van der Waals surface area (Å²) in [7, 11) is 3.54. The van der Waals surface area contributed by atoms with Gasteiger partial charge >= 0.3 is 0 Å². The predicted molar refractivity (Wildman–Crippen MR) is 78.2 cm³/mol. The van der Waals surface area contributed by atoms with E-state index in [-0.39, 0.29) is 23.4 Å². The summed E-state index contributed by atoms with van der Waals surface area (Å²) >= 11 is 0. The molecule has 0 aliphatic carbocycles. The second-order valence-corrected chi connectivity index (χ2v) is 6.10. The molecule has 2 atom stereocenters. The average Bonchev–Trinajstić information content (AvgIpc) is 2.79. The lowest BCUT2D eigenvalue weighted by molar-refractivity contribution is -0.0148. The van der Waals surface area contributed by atoms with Crippen molar-refractivity contribution < 1.29 is 13.5 Å². The van der Waals surface area contributed by atoms with Crippen LogP contribution in [0.2, 0.25) is 0 Å². The monoisotopic (exact) mass is 279 g/mol. The van der Waals surface area contributed by atoms with Crippen molar-refractivity contribution in [2.24, 2.45) is 5.41 Å².